The van der Waals surface area contributed by atoms with Crippen LogP contribution in [0.4, 0.5) is 0 Å². The molecule has 0 amide bonds. The molecule has 1 N–H and O–H groups in total. The van der Waals surface area contributed by atoms with E-state index in [1.165, 1.54) is 5.56 Å². The van der Waals surface area contributed by atoms with E-state index in [-0.39, 0.29) is 6.04 Å². The molecule has 1 atom stereocenters. The van der Waals surface area contributed by atoms with E-state index in [0.29, 0.717) is 0 Å². The second-order valence-corrected chi connectivity index (χ2v) is 4.74. The highest BCUT2D eigenvalue weighted by atomic mass is 16.5. The van der Waals surface area contributed by atoms with Gasteiger partial charge in [0.05, 0.1) is 19.3 Å². The van der Waals surface area contributed by atoms with Gasteiger partial charge in [-0.1, -0.05) is 19.1 Å². The molecule has 0 aromatic heterocycles. The minimum atomic E-state index is 0.116. The molecule has 1 unspecified atom stereocenters. The third kappa shape index (κ3) is 3.74. The fraction of sp³-hybridized carbons (Fsp3) is 0.500. The molecule has 3 heteroatoms. The van der Waals surface area contributed by atoms with Gasteiger partial charge in [-0.05, 0) is 50.1 Å². The molecule has 0 bridgehead atoms. The Labute approximate surface area is 115 Å². The van der Waals surface area contributed by atoms with E-state index in [1.807, 2.05) is 19.2 Å². The van der Waals surface area contributed by atoms with Crippen molar-refractivity contribution in [3.05, 3.63) is 41.7 Å². The molecule has 0 spiro atoms. The monoisotopic (exact) mass is 261 g/mol. The van der Waals surface area contributed by atoms with Crippen LogP contribution >= 0.6 is 0 Å². The molecule has 0 saturated carbocycles. The number of benzene rings is 1. The van der Waals surface area contributed by atoms with Gasteiger partial charge in [-0.25, -0.2) is 0 Å². The Morgan fingerprint density at radius 2 is 2.32 bits per heavy atom. The molecule has 2 rings (SSSR count). The zero-order valence-electron chi connectivity index (χ0n) is 11.8. The lowest BCUT2D eigenvalue weighted by atomic mass is 10.0. The van der Waals surface area contributed by atoms with Gasteiger partial charge in [-0.3, -0.25) is 0 Å². The first-order valence-corrected chi connectivity index (χ1v) is 7.08. The number of likely N-dealkylation sites (N-methyl/N-ethyl adjacent to an activating group) is 1. The van der Waals surface area contributed by atoms with E-state index in [2.05, 4.69) is 30.4 Å². The molecule has 3 nitrogen and oxygen atoms in total. The second-order valence-electron chi connectivity index (χ2n) is 4.74. The molecule has 0 fully saturated rings. The average molecular weight is 261 g/mol. The Morgan fingerprint density at radius 1 is 1.42 bits per heavy atom. The van der Waals surface area contributed by atoms with Crippen molar-refractivity contribution in [1.29, 1.82) is 0 Å². The first kappa shape index (κ1) is 13.9. The van der Waals surface area contributed by atoms with E-state index < -0.39 is 0 Å². The van der Waals surface area contributed by atoms with Crippen LogP contribution in [0, 0.1) is 0 Å². The normalized spacial score (nSPS) is 16.4. The Morgan fingerprint density at radius 3 is 3.00 bits per heavy atom. The fourth-order valence-electron chi connectivity index (χ4n) is 2.25. The van der Waals surface area contributed by atoms with Gasteiger partial charge in [0, 0.05) is 0 Å². The summed E-state index contributed by atoms with van der Waals surface area (Å²) in [6.07, 6.45) is 5.41. The number of nitrogens with one attached hydrogen (secondary N) is 1. The van der Waals surface area contributed by atoms with Gasteiger partial charge in [0.15, 0.2) is 0 Å². The maximum Gasteiger partial charge on any atom is 0.119 e. The molecule has 1 aromatic rings. The average Bonchev–Trinajstić information content (AvgIpc) is 2.47. The standard InChI is InChI=1S/C16H23NO2/c1-3-10-18-14-8-6-7-13(12-14)16(17-2)15-9-4-5-11-19-15/h6-9,12,16-17H,3-5,10-11H2,1-2H3. The fourth-order valence-corrected chi connectivity index (χ4v) is 2.25. The molecule has 0 saturated heterocycles. The zero-order valence-corrected chi connectivity index (χ0v) is 11.8. The number of ether oxygens (including phenoxy) is 2. The quantitative estimate of drug-likeness (QED) is 0.851. The van der Waals surface area contributed by atoms with Crippen LogP contribution in [0.15, 0.2) is 36.1 Å². The van der Waals surface area contributed by atoms with Gasteiger partial charge < -0.3 is 14.8 Å². The van der Waals surface area contributed by atoms with E-state index in [1.54, 1.807) is 0 Å². The summed E-state index contributed by atoms with van der Waals surface area (Å²) in [5, 5.41) is 3.32. The van der Waals surface area contributed by atoms with E-state index in [0.717, 1.165) is 44.0 Å². The predicted octanol–water partition coefficient (Wildman–Crippen LogP) is 3.43. The van der Waals surface area contributed by atoms with E-state index in [9.17, 15) is 0 Å². The highest BCUT2D eigenvalue weighted by Crippen LogP contribution is 2.28. The molecule has 1 aliphatic rings. The summed E-state index contributed by atoms with van der Waals surface area (Å²) in [5.74, 6) is 1.96. The summed E-state index contributed by atoms with van der Waals surface area (Å²) in [6, 6.07) is 8.36. The van der Waals surface area contributed by atoms with Gasteiger partial charge >= 0.3 is 0 Å². The number of allylic oxidation sites excluding steroid dienone is 1. The Kier molecular flexibility index (Phi) is 5.28. The van der Waals surface area contributed by atoms with Crippen molar-refractivity contribution >= 4 is 0 Å². The summed E-state index contributed by atoms with van der Waals surface area (Å²) >= 11 is 0. The van der Waals surface area contributed by atoms with Gasteiger partial charge in [0.1, 0.15) is 11.5 Å². The molecule has 0 aliphatic carbocycles. The first-order valence-electron chi connectivity index (χ1n) is 7.08. The minimum absolute atomic E-state index is 0.116. The topological polar surface area (TPSA) is 30.5 Å². The predicted molar refractivity (Wildman–Crippen MR) is 77.3 cm³/mol. The lowest BCUT2D eigenvalue weighted by Gasteiger charge is -2.24. The van der Waals surface area contributed by atoms with Crippen molar-refractivity contribution in [1.82, 2.24) is 5.32 Å². The second kappa shape index (κ2) is 7.19. The van der Waals surface area contributed by atoms with Crippen LogP contribution in [0.3, 0.4) is 0 Å². The van der Waals surface area contributed by atoms with Crippen molar-refractivity contribution in [3.63, 3.8) is 0 Å². The van der Waals surface area contributed by atoms with Crippen LogP contribution in [-0.4, -0.2) is 20.3 Å². The SMILES string of the molecule is CCCOc1cccc(C(NC)C2=CCCCO2)c1. The van der Waals surface area contributed by atoms with Crippen molar-refractivity contribution < 1.29 is 9.47 Å². The summed E-state index contributed by atoms with van der Waals surface area (Å²) in [6.45, 7) is 3.68. The Bertz CT molecular complexity index is 429. The minimum Gasteiger partial charge on any atom is -0.496 e. The summed E-state index contributed by atoms with van der Waals surface area (Å²) in [4.78, 5) is 0. The van der Waals surface area contributed by atoms with E-state index in [4.69, 9.17) is 9.47 Å². The molecule has 19 heavy (non-hydrogen) atoms. The third-order valence-electron chi connectivity index (χ3n) is 3.20. The smallest absolute Gasteiger partial charge is 0.119 e. The van der Waals surface area contributed by atoms with Crippen molar-refractivity contribution in [2.24, 2.45) is 0 Å². The number of hydrogen-bond acceptors (Lipinski definition) is 3. The molecule has 104 valence electrons. The van der Waals surface area contributed by atoms with Gasteiger partial charge in [0.2, 0.25) is 0 Å². The molecule has 1 aliphatic heterocycles. The van der Waals surface area contributed by atoms with Crippen LogP contribution in [-0.2, 0) is 4.74 Å². The molecule has 1 aromatic carbocycles. The maximum absolute atomic E-state index is 5.76. The molecular formula is C16H23NO2. The summed E-state index contributed by atoms with van der Waals surface area (Å²) < 4.78 is 11.5. The lowest BCUT2D eigenvalue weighted by Crippen LogP contribution is -2.22. The van der Waals surface area contributed by atoms with Crippen molar-refractivity contribution in [3.8, 4) is 5.75 Å². The number of rotatable bonds is 6. The number of hydrogen-bond donors (Lipinski definition) is 1. The third-order valence-corrected chi connectivity index (χ3v) is 3.20. The van der Waals surface area contributed by atoms with Crippen LogP contribution < -0.4 is 10.1 Å². The largest absolute Gasteiger partial charge is 0.496 e. The highest BCUT2D eigenvalue weighted by molar-refractivity contribution is 5.34. The summed E-state index contributed by atoms with van der Waals surface area (Å²) in [7, 11) is 1.96. The zero-order chi connectivity index (χ0) is 13.5. The van der Waals surface area contributed by atoms with E-state index >= 15 is 0 Å². The van der Waals surface area contributed by atoms with Crippen LogP contribution in [0.1, 0.15) is 37.8 Å². The summed E-state index contributed by atoms with van der Waals surface area (Å²) in [5.41, 5.74) is 1.18. The molecule has 1 heterocycles. The van der Waals surface area contributed by atoms with Crippen LogP contribution in [0.2, 0.25) is 0 Å². The van der Waals surface area contributed by atoms with Crippen LogP contribution in [0.5, 0.6) is 5.75 Å². The van der Waals surface area contributed by atoms with Crippen molar-refractivity contribution in [2.75, 3.05) is 20.3 Å². The maximum atomic E-state index is 5.76. The first-order chi connectivity index (χ1) is 9.35. The van der Waals surface area contributed by atoms with Gasteiger partial charge in [-0.2, -0.15) is 0 Å². The lowest BCUT2D eigenvalue weighted by molar-refractivity contribution is 0.169. The molecular weight excluding hydrogens is 238 g/mol. The Balaban J connectivity index is 2.15. The van der Waals surface area contributed by atoms with Gasteiger partial charge in [0.25, 0.3) is 0 Å². The van der Waals surface area contributed by atoms with Gasteiger partial charge in [-0.15, -0.1) is 0 Å². The Hall–Kier alpha value is -1.48. The van der Waals surface area contributed by atoms with Crippen molar-refractivity contribution in [2.45, 2.75) is 32.2 Å². The highest BCUT2D eigenvalue weighted by Gasteiger charge is 2.18. The molecule has 0 radical (unpaired) electrons. The van der Waals surface area contributed by atoms with Crippen LogP contribution in [0.25, 0.3) is 0 Å².